The molecule has 1 aromatic heterocycles. The second kappa shape index (κ2) is 9.74. The molecule has 0 atom stereocenters. The number of rotatable bonds is 6. The number of nitro groups is 1. The SMILES string of the molecule is O=C(CSc1ncc(-c2cccc([N+](=O)[O-])c2)n1-c1cccc(C(F)(F)F)c1)N1CCc2ccccc21. The predicted octanol–water partition coefficient (Wildman–Crippen LogP) is 6.15. The molecule has 1 amide bonds. The van der Waals surface area contributed by atoms with Crippen LogP contribution in [0.4, 0.5) is 24.5 Å². The van der Waals surface area contributed by atoms with Crippen LogP contribution in [0.15, 0.2) is 84.1 Å². The quantitative estimate of drug-likeness (QED) is 0.172. The number of fused-ring (bicyclic) bond motifs is 1. The summed E-state index contributed by atoms with van der Waals surface area (Å²) in [5, 5.41) is 11.6. The van der Waals surface area contributed by atoms with Crippen LogP contribution >= 0.6 is 11.8 Å². The Balaban J connectivity index is 1.51. The van der Waals surface area contributed by atoms with E-state index in [4.69, 9.17) is 0 Å². The Morgan fingerprint density at radius 2 is 1.84 bits per heavy atom. The normalized spacial score (nSPS) is 13.0. The molecule has 0 saturated heterocycles. The predicted molar refractivity (Wildman–Crippen MR) is 134 cm³/mol. The van der Waals surface area contributed by atoms with Gasteiger partial charge >= 0.3 is 6.18 Å². The van der Waals surface area contributed by atoms with Crippen LogP contribution in [-0.4, -0.2) is 32.7 Å². The number of non-ortho nitro benzene ring substituents is 1. The summed E-state index contributed by atoms with van der Waals surface area (Å²) in [6.45, 7) is 0.555. The zero-order valence-corrected chi connectivity index (χ0v) is 20.0. The highest BCUT2D eigenvalue weighted by atomic mass is 32.2. The Labute approximate surface area is 213 Å². The molecule has 3 aromatic carbocycles. The number of amides is 1. The summed E-state index contributed by atoms with van der Waals surface area (Å²) in [6, 6.07) is 18.2. The van der Waals surface area contributed by atoms with Crippen molar-refractivity contribution in [1.82, 2.24) is 9.55 Å². The number of nitro benzene ring substituents is 1. The van der Waals surface area contributed by atoms with E-state index in [9.17, 15) is 28.1 Å². The summed E-state index contributed by atoms with van der Waals surface area (Å²) >= 11 is 1.10. The smallest absolute Gasteiger partial charge is 0.311 e. The van der Waals surface area contributed by atoms with Crippen LogP contribution in [0, 0.1) is 10.1 Å². The first-order chi connectivity index (χ1) is 17.7. The van der Waals surface area contributed by atoms with E-state index < -0.39 is 16.7 Å². The molecule has 5 rings (SSSR count). The average Bonchev–Trinajstić information content (AvgIpc) is 3.51. The van der Waals surface area contributed by atoms with E-state index in [0.717, 1.165) is 41.6 Å². The number of hydrogen-bond donors (Lipinski definition) is 0. The number of thioether (sulfide) groups is 1. The van der Waals surface area contributed by atoms with Gasteiger partial charge in [0.2, 0.25) is 5.91 Å². The van der Waals surface area contributed by atoms with Crippen molar-refractivity contribution in [2.45, 2.75) is 17.8 Å². The summed E-state index contributed by atoms with van der Waals surface area (Å²) < 4.78 is 41.9. The van der Waals surface area contributed by atoms with E-state index in [2.05, 4.69) is 4.98 Å². The standard InChI is InChI=1S/C26H19F3N4O3S/c27-26(28,29)19-7-4-8-20(14-19)32-23(18-6-3-9-21(13-18)33(35)36)15-30-25(32)37-16-24(34)31-12-11-17-5-1-2-10-22(17)31/h1-10,13-15H,11-12,16H2. The van der Waals surface area contributed by atoms with Crippen molar-refractivity contribution in [3.8, 4) is 16.9 Å². The topological polar surface area (TPSA) is 81.3 Å². The van der Waals surface area contributed by atoms with E-state index >= 15 is 0 Å². The molecule has 0 unspecified atom stereocenters. The van der Waals surface area contributed by atoms with Crippen molar-refractivity contribution in [2.75, 3.05) is 17.2 Å². The Morgan fingerprint density at radius 1 is 1.05 bits per heavy atom. The minimum absolute atomic E-state index is 0.0126. The number of imidazole rings is 1. The lowest BCUT2D eigenvalue weighted by atomic mass is 10.1. The first-order valence-electron chi connectivity index (χ1n) is 11.2. The monoisotopic (exact) mass is 524 g/mol. The van der Waals surface area contributed by atoms with Crippen molar-refractivity contribution in [3.63, 3.8) is 0 Å². The highest BCUT2D eigenvalue weighted by Gasteiger charge is 2.31. The van der Waals surface area contributed by atoms with Crippen molar-refractivity contribution in [3.05, 3.63) is 100 Å². The maximum atomic E-state index is 13.5. The van der Waals surface area contributed by atoms with Gasteiger partial charge in [0.15, 0.2) is 5.16 Å². The Kier molecular flexibility index (Phi) is 6.46. The van der Waals surface area contributed by atoms with Crippen LogP contribution in [0.3, 0.4) is 0 Å². The summed E-state index contributed by atoms with van der Waals surface area (Å²) in [5.74, 6) is -0.135. The van der Waals surface area contributed by atoms with Gasteiger partial charge < -0.3 is 4.90 Å². The zero-order valence-electron chi connectivity index (χ0n) is 19.2. The highest BCUT2D eigenvalue weighted by Crippen LogP contribution is 2.35. The molecule has 4 aromatic rings. The number of anilines is 1. The van der Waals surface area contributed by atoms with E-state index in [0.29, 0.717) is 23.0 Å². The molecule has 11 heteroatoms. The number of hydrogen-bond acceptors (Lipinski definition) is 5. The summed E-state index contributed by atoms with van der Waals surface area (Å²) in [4.78, 5) is 29.9. The second-order valence-electron chi connectivity index (χ2n) is 8.33. The third-order valence-corrected chi connectivity index (χ3v) is 6.96. The summed E-state index contributed by atoms with van der Waals surface area (Å²) in [7, 11) is 0. The van der Waals surface area contributed by atoms with Crippen LogP contribution < -0.4 is 4.90 Å². The molecule has 0 bridgehead atoms. The fourth-order valence-corrected chi connectivity index (χ4v) is 5.16. The molecule has 0 radical (unpaired) electrons. The number of para-hydroxylation sites is 1. The molecule has 0 aliphatic carbocycles. The maximum absolute atomic E-state index is 13.5. The maximum Gasteiger partial charge on any atom is 0.416 e. The summed E-state index contributed by atoms with van der Waals surface area (Å²) in [6.07, 6.45) is -2.37. The number of carbonyl (C=O) groups is 1. The highest BCUT2D eigenvalue weighted by molar-refractivity contribution is 7.99. The van der Waals surface area contributed by atoms with Crippen molar-refractivity contribution in [2.24, 2.45) is 0 Å². The minimum Gasteiger partial charge on any atom is -0.311 e. The lowest BCUT2D eigenvalue weighted by molar-refractivity contribution is -0.384. The number of halogens is 3. The molecule has 1 aliphatic rings. The molecule has 0 fully saturated rings. The van der Waals surface area contributed by atoms with E-state index in [1.807, 2.05) is 24.3 Å². The third kappa shape index (κ3) is 4.94. The number of aromatic nitrogens is 2. The van der Waals surface area contributed by atoms with Crippen LogP contribution in [0.2, 0.25) is 0 Å². The van der Waals surface area contributed by atoms with Gasteiger partial charge in [0.1, 0.15) is 0 Å². The fraction of sp³-hybridized carbons (Fsp3) is 0.154. The molecule has 0 N–H and O–H groups in total. The lowest BCUT2D eigenvalue weighted by Crippen LogP contribution is -2.30. The van der Waals surface area contributed by atoms with Gasteiger partial charge in [0.05, 0.1) is 28.1 Å². The van der Waals surface area contributed by atoms with Gasteiger partial charge in [-0.15, -0.1) is 0 Å². The van der Waals surface area contributed by atoms with Gasteiger partial charge in [-0.25, -0.2) is 4.98 Å². The summed E-state index contributed by atoms with van der Waals surface area (Å²) in [5.41, 5.74) is 1.88. The second-order valence-corrected chi connectivity index (χ2v) is 9.27. The van der Waals surface area contributed by atoms with Gasteiger partial charge in [0, 0.05) is 35.6 Å². The zero-order chi connectivity index (χ0) is 26.2. The molecule has 37 heavy (non-hydrogen) atoms. The van der Waals surface area contributed by atoms with Gasteiger partial charge in [-0.05, 0) is 36.2 Å². The molecule has 0 spiro atoms. The van der Waals surface area contributed by atoms with Gasteiger partial charge in [-0.2, -0.15) is 13.2 Å². The van der Waals surface area contributed by atoms with Crippen LogP contribution in [0.25, 0.3) is 16.9 Å². The fourth-order valence-electron chi connectivity index (χ4n) is 4.29. The molecule has 0 saturated carbocycles. The van der Waals surface area contributed by atoms with Crippen LogP contribution in [0.1, 0.15) is 11.1 Å². The molecule has 2 heterocycles. The largest absolute Gasteiger partial charge is 0.416 e. The first-order valence-corrected chi connectivity index (χ1v) is 12.2. The Hall–Kier alpha value is -4.12. The van der Waals surface area contributed by atoms with Gasteiger partial charge in [-0.1, -0.05) is 48.2 Å². The Bertz CT molecular complexity index is 1500. The molecular weight excluding hydrogens is 505 g/mol. The van der Waals surface area contributed by atoms with Crippen LogP contribution in [-0.2, 0) is 17.4 Å². The van der Waals surface area contributed by atoms with Gasteiger partial charge in [-0.3, -0.25) is 19.5 Å². The lowest BCUT2D eigenvalue weighted by Gasteiger charge is -2.18. The van der Waals surface area contributed by atoms with Crippen LogP contribution in [0.5, 0.6) is 0 Å². The molecule has 7 nitrogen and oxygen atoms in total. The number of benzene rings is 3. The first kappa shape index (κ1) is 24.6. The number of nitrogens with zero attached hydrogens (tertiary/aromatic N) is 4. The molecular formula is C26H19F3N4O3S. The van der Waals surface area contributed by atoms with E-state index in [-0.39, 0.29) is 23.0 Å². The Morgan fingerprint density at radius 3 is 2.62 bits per heavy atom. The van der Waals surface area contributed by atoms with Gasteiger partial charge in [0.25, 0.3) is 5.69 Å². The van der Waals surface area contributed by atoms with Crippen molar-refractivity contribution >= 4 is 29.0 Å². The van der Waals surface area contributed by atoms with E-state index in [1.54, 1.807) is 11.0 Å². The molecule has 1 aliphatic heterocycles. The molecule has 188 valence electrons. The van der Waals surface area contributed by atoms with Crippen molar-refractivity contribution < 1.29 is 22.9 Å². The average molecular weight is 525 g/mol. The van der Waals surface area contributed by atoms with E-state index in [1.165, 1.54) is 41.1 Å². The number of alkyl halides is 3. The van der Waals surface area contributed by atoms with Crippen molar-refractivity contribution in [1.29, 1.82) is 0 Å². The number of carbonyl (C=O) groups excluding carboxylic acids is 1. The minimum atomic E-state index is -4.56. The third-order valence-electron chi connectivity index (χ3n) is 6.03.